The van der Waals surface area contributed by atoms with Crippen LogP contribution in [0.1, 0.15) is 5.56 Å². The molecule has 0 fully saturated rings. The Hall–Kier alpha value is -2.43. The minimum Gasteiger partial charge on any atom is -0.363 e. The predicted octanol–water partition coefficient (Wildman–Crippen LogP) is 2.39. The molecular weight excluding hydrogens is 238 g/mol. The van der Waals surface area contributed by atoms with Crippen LogP contribution in [-0.2, 0) is 0 Å². The molecule has 5 nitrogen and oxygen atoms in total. The van der Waals surface area contributed by atoms with Gasteiger partial charge in [-0.25, -0.2) is 9.97 Å². The van der Waals surface area contributed by atoms with E-state index in [1.165, 1.54) is 0 Å². The van der Waals surface area contributed by atoms with Crippen LogP contribution in [0.15, 0.2) is 30.5 Å². The molecule has 0 atom stereocenters. The number of aryl methyl sites for hydroxylation is 1. The third kappa shape index (κ3) is 2.03. The molecule has 0 unspecified atom stereocenters. The van der Waals surface area contributed by atoms with Crippen LogP contribution in [0.5, 0.6) is 0 Å². The molecule has 3 heterocycles. The second-order valence-corrected chi connectivity index (χ2v) is 4.69. The monoisotopic (exact) mass is 253 g/mol. The molecule has 1 N–H and O–H groups in total. The summed E-state index contributed by atoms with van der Waals surface area (Å²) in [6.45, 7) is 2.02. The van der Waals surface area contributed by atoms with E-state index in [-0.39, 0.29) is 0 Å². The van der Waals surface area contributed by atoms with Crippen LogP contribution in [0.4, 0.5) is 5.82 Å². The van der Waals surface area contributed by atoms with Gasteiger partial charge in [0, 0.05) is 20.3 Å². The van der Waals surface area contributed by atoms with Gasteiger partial charge in [-0.1, -0.05) is 6.07 Å². The summed E-state index contributed by atoms with van der Waals surface area (Å²) in [7, 11) is 3.93. The summed E-state index contributed by atoms with van der Waals surface area (Å²) in [5.41, 5.74) is 3.60. The standard InChI is InChI=1S/C14H15N5/c1-9-5-4-8-15-12(9)14-16-10-6-7-11(19(2)3)17-13(10)18-14/h4-8H,1-3H3,(H,16,17,18). The molecule has 0 amide bonds. The Labute approximate surface area is 111 Å². The van der Waals surface area contributed by atoms with Crippen LogP contribution in [0.25, 0.3) is 22.7 Å². The highest BCUT2D eigenvalue weighted by molar-refractivity contribution is 5.77. The molecule has 96 valence electrons. The summed E-state index contributed by atoms with van der Waals surface area (Å²) < 4.78 is 0. The van der Waals surface area contributed by atoms with Gasteiger partial charge < -0.3 is 9.88 Å². The van der Waals surface area contributed by atoms with E-state index in [1.807, 2.05) is 50.2 Å². The summed E-state index contributed by atoms with van der Waals surface area (Å²) in [5.74, 6) is 1.65. The van der Waals surface area contributed by atoms with Crippen molar-refractivity contribution in [3.63, 3.8) is 0 Å². The van der Waals surface area contributed by atoms with Gasteiger partial charge >= 0.3 is 0 Å². The zero-order chi connectivity index (χ0) is 13.4. The lowest BCUT2D eigenvalue weighted by Crippen LogP contribution is -2.10. The molecule has 0 aliphatic carbocycles. The second-order valence-electron chi connectivity index (χ2n) is 4.69. The van der Waals surface area contributed by atoms with E-state index in [2.05, 4.69) is 19.9 Å². The predicted molar refractivity (Wildman–Crippen MR) is 76.2 cm³/mol. The van der Waals surface area contributed by atoms with Gasteiger partial charge in [-0.3, -0.25) is 4.98 Å². The number of anilines is 1. The molecule has 19 heavy (non-hydrogen) atoms. The van der Waals surface area contributed by atoms with E-state index in [1.54, 1.807) is 6.20 Å². The van der Waals surface area contributed by atoms with Crippen LogP contribution in [0, 0.1) is 6.92 Å². The number of aromatic nitrogens is 4. The summed E-state index contributed by atoms with van der Waals surface area (Å²) >= 11 is 0. The molecule has 0 aliphatic heterocycles. The fourth-order valence-corrected chi connectivity index (χ4v) is 1.98. The molecule has 3 rings (SSSR count). The van der Waals surface area contributed by atoms with Gasteiger partial charge in [-0.05, 0) is 30.7 Å². The first kappa shape index (κ1) is 11.6. The molecule has 0 aromatic carbocycles. The maximum atomic E-state index is 4.53. The molecule has 0 spiro atoms. The van der Waals surface area contributed by atoms with Crippen molar-refractivity contribution in [1.29, 1.82) is 0 Å². The quantitative estimate of drug-likeness (QED) is 0.762. The normalized spacial score (nSPS) is 10.9. The smallest absolute Gasteiger partial charge is 0.180 e. The number of aromatic amines is 1. The summed E-state index contributed by atoms with van der Waals surface area (Å²) in [5, 5.41) is 0. The van der Waals surface area contributed by atoms with Crippen LogP contribution < -0.4 is 4.90 Å². The van der Waals surface area contributed by atoms with Crippen molar-refractivity contribution in [1.82, 2.24) is 19.9 Å². The van der Waals surface area contributed by atoms with Crippen LogP contribution in [-0.4, -0.2) is 34.0 Å². The van der Waals surface area contributed by atoms with E-state index in [4.69, 9.17) is 0 Å². The average Bonchev–Trinajstić information content (AvgIpc) is 2.81. The van der Waals surface area contributed by atoms with Crippen molar-refractivity contribution in [3.05, 3.63) is 36.0 Å². The first-order valence-corrected chi connectivity index (χ1v) is 6.11. The Morgan fingerprint density at radius 1 is 1.11 bits per heavy atom. The van der Waals surface area contributed by atoms with Gasteiger partial charge in [-0.15, -0.1) is 0 Å². The molecule has 3 aromatic rings. The lowest BCUT2D eigenvalue weighted by molar-refractivity contribution is 1.08. The van der Waals surface area contributed by atoms with Gasteiger partial charge in [0.15, 0.2) is 11.5 Å². The van der Waals surface area contributed by atoms with Crippen LogP contribution in [0.3, 0.4) is 0 Å². The summed E-state index contributed by atoms with van der Waals surface area (Å²) in [6, 6.07) is 7.90. The Morgan fingerprint density at radius 3 is 2.68 bits per heavy atom. The van der Waals surface area contributed by atoms with Crippen molar-refractivity contribution in [2.24, 2.45) is 0 Å². The van der Waals surface area contributed by atoms with Gasteiger partial charge in [-0.2, -0.15) is 0 Å². The van der Waals surface area contributed by atoms with Crippen LogP contribution in [0.2, 0.25) is 0 Å². The molecular formula is C14H15N5. The van der Waals surface area contributed by atoms with Crippen molar-refractivity contribution >= 4 is 17.0 Å². The number of pyridine rings is 2. The number of H-pyrrole nitrogens is 1. The van der Waals surface area contributed by atoms with Crippen molar-refractivity contribution < 1.29 is 0 Å². The topological polar surface area (TPSA) is 57.7 Å². The largest absolute Gasteiger partial charge is 0.363 e. The van der Waals surface area contributed by atoms with Crippen molar-refractivity contribution in [2.45, 2.75) is 6.92 Å². The Balaban J connectivity index is 2.14. The second kappa shape index (κ2) is 4.35. The first-order valence-electron chi connectivity index (χ1n) is 6.11. The van der Waals surface area contributed by atoms with Gasteiger partial charge in [0.2, 0.25) is 0 Å². The molecule has 0 saturated heterocycles. The molecule has 5 heteroatoms. The molecule has 0 aliphatic rings. The third-order valence-electron chi connectivity index (χ3n) is 3.02. The lowest BCUT2D eigenvalue weighted by Gasteiger charge is -2.09. The maximum absolute atomic E-state index is 4.53. The Kier molecular flexibility index (Phi) is 2.67. The molecule has 0 radical (unpaired) electrons. The Morgan fingerprint density at radius 2 is 1.95 bits per heavy atom. The lowest BCUT2D eigenvalue weighted by atomic mass is 10.2. The zero-order valence-corrected chi connectivity index (χ0v) is 11.2. The first-order chi connectivity index (χ1) is 9.15. The fraction of sp³-hybridized carbons (Fsp3) is 0.214. The van der Waals surface area contributed by atoms with Gasteiger partial charge in [0.25, 0.3) is 0 Å². The van der Waals surface area contributed by atoms with E-state index in [0.717, 1.165) is 28.4 Å². The van der Waals surface area contributed by atoms with E-state index >= 15 is 0 Å². The number of hydrogen-bond donors (Lipinski definition) is 1. The van der Waals surface area contributed by atoms with Gasteiger partial charge in [0.05, 0.1) is 5.52 Å². The number of nitrogens with zero attached hydrogens (tertiary/aromatic N) is 4. The van der Waals surface area contributed by atoms with Crippen LogP contribution >= 0.6 is 0 Å². The zero-order valence-electron chi connectivity index (χ0n) is 11.2. The van der Waals surface area contributed by atoms with Crippen molar-refractivity contribution in [2.75, 3.05) is 19.0 Å². The number of rotatable bonds is 2. The average molecular weight is 253 g/mol. The third-order valence-corrected chi connectivity index (χ3v) is 3.02. The number of hydrogen-bond acceptors (Lipinski definition) is 4. The number of nitrogens with one attached hydrogen (secondary N) is 1. The number of imidazole rings is 1. The fourth-order valence-electron chi connectivity index (χ4n) is 1.98. The highest BCUT2D eigenvalue weighted by Gasteiger charge is 2.10. The molecule has 0 saturated carbocycles. The molecule has 0 bridgehead atoms. The number of fused-ring (bicyclic) bond motifs is 1. The highest BCUT2D eigenvalue weighted by atomic mass is 15.2. The van der Waals surface area contributed by atoms with Gasteiger partial charge in [0.1, 0.15) is 11.5 Å². The maximum Gasteiger partial charge on any atom is 0.180 e. The summed E-state index contributed by atoms with van der Waals surface area (Å²) in [4.78, 5) is 18.6. The minimum absolute atomic E-state index is 0.714. The van der Waals surface area contributed by atoms with E-state index < -0.39 is 0 Å². The summed E-state index contributed by atoms with van der Waals surface area (Å²) in [6.07, 6.45) is 1.77. The SMILES string of the molecule is Cc1cccnc1-c1nc2nc(N(C)C)ccc2[nH]1. The van der Waals surface area contributed by atoms with E-state index in [0.29, 0.717) is 5.65 Å². The van der Waals surface area contributed by atoms with Crippen molar-refractivity contribution in [3.8, 4) is 11.5 Å². The Bertz CT molecular complexity index is 730. The minimum atomic E-state index is 0.714. The molecule has 3 aromatic heterocycles. The highest BCUT2D eigenvalue weighted by Crippen LogP contribution is 2.21. The van der Waals surface area contributed by atoms with E-state index in [9.17, 15) is 0 Å².